The van der Waals surface area contributed by atoms with Gasteiger partial charge in [-0.05, 0) is 45.4 Å². The van der Waals surface area contributed by atoms with E-state index >= 15 is 0 Å². The Labute approximate surface area is 117 Å². The molecule has 19 heavy (non-hydrogen) atoms. The average Bonchev–Trinajstić information content (AvgIpc) is 3.08. The fraction of sp³-hybridized carbons (Fsp3) is 0.0833. The molecule has 0 saturated carbocycles. The van der Waals surface area contributed by atoms with Gasteiger partial charge in [0, 0.05) is 11.3 Å². The summed E-state index contributed by atoms with van der Waals surface area (Å²) in [6, 6.07) is 11.6. The number of halogens is 1. The summed E-state index contributed by atoms with van der Waals surface area (Å²) < 4.78 is 6.15. The van der Waals surface area contributed by atoms with Gasteiger partial charge in [-0.1, -0.05) is 12.1 Å². The second-order valence-corrected chi connectivity index (χ2v) is 4.66. The van der Waals surface area contributed by atoms with Crippen molar-refractivity contribution in [3.63, 3.8) is 0 Å². The predicted octanol–water partition coefficient (Wildman–Crippen LogP) is 2.83. The highest BCUT2D eigenvalue weighted by molar-refractivity contribution is 9.10. The molecule has 0 amide bonds. The molecule has 1 aromatic carbocycles. The maximum absolute atomic E-state index is 5.42. The second-order valence-electron chi connectivity index (χ2n) is 3.88. The van der Waals surface area contributed by atoms with Gasteiger partial charge in [0.2, 0.25) is 5.82 Å². The zero-order chi connectivity index (χ0) is 13.1. The molecule has 0 aliphatic heterocycles. The number of rotatable bonds is 4. The number of aromatic amines is 1. The molecule has 6 nitrogen and oxygen atoms in total. The minimum absolute atomic E-state index is 0.574. The van der Waals surface area contributed by atoms with Crippen molar-refractivity contribution in [1.82, 2.24) is 20.6 Å². The van der Waals surface area contributed by atoms with E-state index in [4.69, 9.17) is 4.42 Å². The third kappa shape index (κ3) is 2.82. The highest BCUT2D eigenvalue weighted by Gasteiger charge is 2.04. The molecule has 0 bridgehead atoms. The summed E-state index contributed by atoms with van der Waals surface area (Å²) in [5.74, 6) is 1.43. The fourth-order valence-corrected chi connectivity index (χ4v) is 2.03. The highest BCUT2D eigenvalue weighted by atomic mass is 79.9. The molecule has 0 fully saturated rings. The number of anilines is 1. The van der Waals surface area contributed by atoms with E-state index in [1.165, 1.54) is 0 Å². The number of nitrogens with one attached hydrogen (secondary N) is 2. The van der Waals surface area contributed by atoms with Crippen LogP contribution in [-0.2, 0) is 6.54 Å². The molecule has 2 heterocycles. The van der Waals surface area contributed by atoms with Crippen molar-refractivity contribution in [3.05, 3.63) is 46.8 Å². The van der Waals surface area contributed by atoms with Gasteiger partial charge in [0.15, 0.2) is 4.67 Å². The molecule has 0 unspecified atom stereocenters. The van der Waals surface area contributed by atoms with Gasteiger partial charge >= 0.3 is 0 Å². The lowest BCUT2D eigenvalue weighted by Gasteiger charge is -2.05. The molecular formula is C12H10BrN5O. The Kier molecular flexibility index (Phi) is 3.28. The average molecular weight is 320 g/mol. The molecule has 0 atom stereocenters. The van der Waals surface area contributed by atoms with Crippen LogP contribution in [0.5, 0.6) is 0 Å². The Morgan fingerprint density at radius 2 is 2.21 bits per heavy atom. The molecule has 96 valence electrons. The first-order valence-corrected chi connectivity index (χ1v) is 6.42. The van der Waals surface area contributed by atoms with E-state index in [2.05, 4.69) is 41.9 Å². The zero-order valence-corrected chi connectivity index (χ0v) is 11.4. The monoisotopic (exact) mass is 319 g/mol. The van der Waals surface area contributed by atoms with Gasteiger partial charge in [-0.15, -0.1) is 10.2 Å². The van der Waals surface area contributed by atoms with Crippen molar-refractivity contribution in [2.45, 2.75) is 6.54 Å². The van der Waals surface area contributed by atoms with Crippen LogP contribution < -0.4 is 5.32 Å². The van der Waals surface area contributed by atoms with Crippen LogP contribution in [0.3, 0.4) is 0 Å². The zero-order valence-electron chi connectivity index (χ0n) is 9.80. The number of hydrogen-bond acceptors (Lipinski definition) is 5. The van der Waals surface area contributed by atoms with E-state index < -0.39 is 0 Å². The van der Waals surface area contributed by atoms with Gasteiger partial charge in [-0.25, -0.2) is 0 Å². The Hall–Kier alpha value is -2.15. The smallest absolute Gasteiger partial charge is 0.204 e. The number of aromatic nitrogens is 4. The molecule has 3 aromatic rings. The summed E-state index contributed by atoms with van der Waals surface area (Å²) >= 11 is 3.27. The van der Waals surface area contributed by atoms with Gasteiger partial charge in [0.25, 0.3) is 0 Å². The summed E-state index contributed by atoms with van der Waals surface area (Å²) in [5.41, 5.74) is 1.87. The van der Waals surface area contributed by atoms with Crippen LogP contribution in [0.2, 0.25) is 0 Å². The largest absolute Gasteiger partial charge is 0.452 e. The van der Waals surface area contributed by atoms with Gasteiger partial charge in [-0.2, -0.15) is 5.21 Å². The quantitative estimate of drug-likeness (QED) is 0.773. The number of hydrogen-bond donors (Lipinski definition) is 2. The van der Waals surface area contributed by atoms with Crippen molar-refractivity contribution in [3.8, 4) is 11.4 Å². The van der Waals surface area contributed by atoms with Gasteiger partial charge in [0.05, 0.1) is 6.54 Å². The Balaban J connectivity index is 1.73. The Morgan fingerprint density at radius 1 is 1.26 bits per heavy atom. The van der Waals surface area contributed by atoms with E-state index in [1.54, 1.807) is 0 Å². The maximum Gasteiger partial charge on any atom is 0.204 e. The lowest BCUT2D eigenvalue weighted by Crippen LogP contribution is -1.98. The summed E-state index contributed by atoms with van der Waals surface area (Å²) in [5, 5.41) is 17.2. The number of furan rings is 1. The topological polar surface area (TPSA) is 79.6 Å². The molecule has 0 aliphatic carbocycles. The SMILES string of the molecule is Brc1ccc(CNc2cccc(-c3nn[nH]n3)c2)o1. The fourth-order valence-electron chi connectivity index (χ4n) is 1.69. The van der Waals surface area contributed by atoms with Crippen molar-refractivity contribution >= 4 is 21.6 Å². The van der Waals surface area contributed by atoms with Gasteiger partial charge in [0.1, 0.15) is 5.76 Å². The molecule has 0 aliphatic rings. The molecule has 3 rings (SSSR count). The van der Waals surface area contributed by atoms with Crippen molar-refractivity contribution in [2.75, 3.05) is 5.32 Å². The van der Waals surface area contributed by atoms with E-state index in [-0.39, 0.29) is 0 Å². The number of benzene rings is 1. The highest BCUT2D eigenvalue weighted by Crippen LogP contribution is 2.20. The first-order chi connectivity index (χ1) is 9.31. The summed E-state index contributed by atoms with van der Waals surface area (Å²) in [6.07, 6.45) is 0. The molecular weight excluding hydrogens is 310 g/mol. The second kappa shape index (κ2) is 5.23. The molecule has 2 N–H and O–H groups in total. The lowest BCUT2D eigenvalue weighted by atomic mass is 10.2. The van der Waals surface area contributed by atoms with E-state index in [1.807, 2.05) is 36.4 Å². The minimum atomic E-state index is 0.574. The lowest BCUT2D eigenvalue weighted by molar-refractivity contribution is 0.495. The molecule has 0 radical (unpaired) electrons. The van der Waals surface area contributed by atoms with Crippen LogP contribution in [0.1, 0.15) is 5.76 Å². The minimum Gasteiger partial charge on any atom is -0.452 e. The third-order valence-corrected chi connectivity index (χ3v) is 2.99. The normalized spacial score (nSPS) is 10.6. The molecule has 0 saturated heterocycles. The Morgan fingerprint density at radius 3 is 2.95 bits per heavy atom. The van der Waals surface area contributed by atoms with Crippen LogP contribution in [-0.4, -0.2) is 20.6 Å². The van der Waals surface area contributed by atoms with E-state index in [0.29, 0.717) is 12.4 Å². The van der Waals surface area contributed by atoms with Gasteiger partial charge in [-0.3, -0.25) is 0 Å². The molecule has 0 spiro atoms. The van der Waals surface area contributed by atoms with Crippen LogP contribution in [0.25, 0.3) is 11.4 Å². The Bertz CT molecular complexity index is 664. The number of tetrazole rings is 1. The van der Waals surface area contributed by atoms with Crippen LogP contribution >= 0.6 is 15.9 Å². The van der Waals surface area contributed by atoms with Crippen LogP contribution in [0.15, 0.2) is 45.5 Å². The van der Waals surface area contributed by atoms with Crippen LogP contribution in [0.4, 0.5) is 5.69 Å². The van der Waals surface area contributed by atoms with E-state index in [0.717, 1.165) is 21.7 Å². The maximum atomic E-state index is 5.42. The van der Waals surface area contributed by atoms with Crippen LogP contribution in [0, 0.1) is 0 Å². The van der Waals surface area contributed by atoms with Crippen molar-refractivity contribution in [1.29, 1.82) is 0 Å². The molecule has 2 aromatic heterocycles. The summed E-state index contributed by atoms with van der Waals surface area (Å²) in [4.78, 5) is 0. The standard InChI is InChI=1S/C12H10BrN5O/c13-11-5-4-10(19-11)7-14-9-3-1-2-8(6-9)12-15-17-18-16-12/h1-6,14H,7H2,(H,15,16,17,18). The predicted molar refractivity (Wildman–Crippen MR) is 73.3 cm³/mol. The first-order valence-electron chi connectivity index (χ1n) is 5.63. The van der Waals surface area contributed by atoms with Crippen molar-refractivity contribution < 1.29 is 4.42 Å². The van der Waals surface area contributed by atoms with E-state index in [9.17, 15) is 0 Å². The summed E-state index contributed by atoms with van der Waals surface area (Å²) in [7, 11) is 0. The number of nitrogens with zero attached hydrogens (tertiary/aromatic N) is 3. The third-order valence-electron chi connectivity index (χ3n) is 2.56. The van der Waals surface area contributed by atoms with Crippen molar-refractivity contribution in [2.24, 2.45) is 0 Å². The summed E-state index contributed by atoms with van der Waals surface area (Å²) in [6.45, 7) is 0.612. The number of H-pyrrole nitrogens is 1. The molecule has 7 heteroatoms. The first kappa shape index (κ1) is 11.9. The van der Waals surface area contributed by atoms with Gasteiger partial charge < -0.3 is 9.73 Å².